The van der Waals surface area contributed by atoms with Gasteiger partial charge in [0.1, 0.15) is 0 Å². The molecule has 1 amide bonds. The molecule has 0 aliphatic carbocycles. The molecule has 0 radical (unpaired) electrons. The topological polar surface area (TPSA) is 85.4 Å². The molecule has 120 valence electrons. The Morgan fingerprint density at radius 3 is 2.43 bits per heavy atom. The average Bonchev–Trinajstić information content (AvgIpc) is 2.96. The Morgan fingerprint density at radius 2 is 1.74 bits per heavy atom. The highest BCUT2D eigenvalue weighted by atomic mass is 16.7. The molecular weight excluding hydrogens is 296 g/mol. The van der Waals surface area contributed by atoms with Gasteiger partial charge in [0.25, 0.3) is 0 Å². The number of aromatic nitrogens is 2. The molecule has 0 fully saturated rings. The van der Waals surface area contributed by atoms with Crippen LogP contribution in [-0.2, 0) is 4.79 Å². The predicted octanol–water partition coefficient (Wildman–Crippen LogP) is 2.93. The maximum absolute atomic E-state index is 11.9. The van der Waals surface area contributed by atoms with Crippen LogP contribution in [0, 0.1) is 5.41 Å². The smallest absolute Gasteiger partial charge is 0.231 e. The van der Waals surface area contributed by atoms with Gasteiger partial charge in [-0.2, -0.15) is 0 Å². The van der Waals surface area contributed by atoms with Crippen molar-refractivity contribution in [3.63, 3.8) is 0 Å². The predicted molar refractivity (Wildman–Crippen MR) is 86.0 cm³/mol. The second-order valence-electron chi connectivity index (χ2n) is 6.20. The van der Waals surface area contributed by atoms with E-state index in [0.29, 0.717) is 17.4 Å². The van der Waals surface area contributed by atoms with Gasteiger partial charge in [-0.05, 0) is 24.3 Å². The Hall–Kier alpha value is -2.83. The standard InChI is InChI=1S/C16H18N4O3/c1-16(2,3)15(21)18-14-7-6-13(19-20-14)17-10-4-5-11-12(8-10)23-9-22-11/h4-8H,9H2,1-3H3,(H,17,19)(H,18,20,21). The van der Waals surface area contributed by atoms with E-state index in [1.165, 1.54) is 0 Å². The van der Waals surface area contributed by atoms with Crippen LogP contribution >= 0.6 is 0 Å². The number of rotatable bonds is 3. The molecule has 2 aromatic rings. The third kappa shape index (κ3) is 3.50. The Labute approximate surface area is 134 Å². The molecule has 1 aliphatic heterocycles. The van der Waals surface area contributed by atoms with Gasteiger partial charge in [-0.25, -0.2) is 0 Å². The molecule has 1 aliphatic rings. The van der Waals surface area contributed by atoms with E-state index in [1.807, 2.05) is 39.0 Å². The van der Waals surface area contributed by atoms with Crippen molar-refractivity contribution in [2.24, 2.45) is 5.41 Å². The summed E-state index contributed by atoms with van der Waals surface area (Å²) in [5.41, 5.74) is 0.334. The largest absolute Gasteiger partial charge is 0.454 e. The molecule has 23 heavy (non-hydrogen) atoms. The molecule has 0 saturated carbocycles. The average molecular weight is 314 g/mol. The van der Waals surface area contributed by atoms with Gasteiger partial charge < -0.3 is 20.1 Å². The highest BCUT2D eigenvalue weighted by molar-refractivity contribution is 5.93. The van der Waals surface area contributed by atoms with E-state index in [2.05, 4.69) is 20.8 Å². The van der Waals surface area contributed by atoms with Crippen LogP contribution < -0.4 is 20.1 Å². The number of amides is 1. The molecule has 3 rings (SSSR count). The molecule has 7 heteroatoms. The third-order valence-corrected chi connectivity index (χ3v) is 3.23. The summed E-state index contributed by atoms with van der Waals surface area (Å²) in [6.07, 6.45) is 0. The van der Waals surface area contributed by atoms with Crippen LogP contribution in [0.3, 0.4) is 0 Å². The summed E-state index contributed by atoms with van der Waals surface area (Å²) in [6, 6.07) is 8.97. The van der Waals surface area contributed by atoms with Crippen molar-refractivity contribution in [2.75, 3.05) is 17.4 Å². The fourth-order valence-electron chi connectivity index (χ4n) is 1.89. The lowest BCUT2D eigenvalue weighted by molar-refractivity contribution is -0.123. The summed E-state index contributed by atoms with van der Waals surface area (Å²) >= 11 is 0. The van der Waals surface area contributed by atoms with Crippen molar-refractivity contribution in [1.29, 1.82) is 0 Å². The summed E-state index contributed by atoms with van der Waals surface area (Å²) in [6.45, 7) is 5.75. The van der Waals surface area contributed by atoms with Crippen LogP contribution in [-0.4, -0.2) is 22.9 Å². The first-order valence-electron chi connectivity index (χ1n) is 7.24. The Morgan fingerprint density at radius 1 is 1.04 bits per heavy atom. The van der Waals surface area contributed by atoms with Gasteiger partial charge in [-0.3, -0.25) is 4.79 Å². The van der Waals surface area contributed by atoms with Crippen molar-refractivity contribution in [3.8, 4) is 11.5 Å². The Bertz CT molecular complexity index is 723. The molecule has 0 spiro atoms. The molecule has 1 aromatic carbocycles. The lowest BCUT2D eigenvalue weighted by atomic mass is 9.96. The van der Waals surface area contributed by atoms with Gasteiger partial charge in [0, 0.05) is 17.2 Å². The Kier molecular flexibility index (Phi) is 3.77. The van der Waals surface area contributed by atoms with Gasteiger partial charge in [0.2, 0.25) is 12.7 Å². The molecule has 0 atom stereocenters. The monoisotopic (exact) mass is 314 g/mol. The minimum absolute atomic E-state index is 0.108. The molecular formula is C16H18N4O3. The zero-order valence-corrected chi connectivity index (χ0v) is 13.2. The number of nitrogens with zero attached hydrogens (tertiary/aromatic N) is 2. The molecule has 2 N–H and O–H groups in total. The highest BCUT2D eigenvalue weighted by Crippen LogP contribution is 2.34. The van der Waals surface area contributed by atoms with Crippen LogP contribution in [0.4, 0.5) is 17.3 Å². The van der Waals surface area contributed by atoms with Gasteiger partial charge in [0.15, 0.2) is 23.1 Å². The van der Waals surface area contributed by atoms with Crippen molar-refractivity contribution >= 4 is 23.2 Å². The number of benzene rings is 1. The minimum Gasteiger partial charge on any atom is -0.454 e. The number of hydrogen-bond acceptors (Lipinski definition) is 6. The fraction of sp³-hybridized carbons (Fsp3) is 0.312. The summed E-state index contributed by atoms with van der Waals surface area (Å²) in [4.78, 5) is 11.9. The fourth-order valence-corrected chi connectivity index (χ4v) is 1.89. The lowest BCUT2D eigenvalue weighted by Gasteiger charge is -2.16. The van der Waals surface area contributed by atoms with E-state index in [4.69, 9.17) is 9.47 Å². The van der Waals surface area contributed by atoms with Gasteiger partial charge in [-0.1, -0.05) is 20.8 Å². The van der Waals surface area contributed by atoms with Crippen molar-refractivity contribution < 1.29 is 14.3 Å². The highest BCUT2D eigenvalue weighted by Gasteiger charge is 2.21. The van der Waals surface area contributed by atoms with E-state index in [-0.39, 0.29) is 12.7 Å². The van der Waals surface area contributed by atoms with Gasteiger partial charge in [0.05, 0.1) is 0 Å². The van der Waals surface area contributed by atoms with E-state index in [1.54, 1.807) is 12.1 Å². The molecule has 0 saturated heterocycles. The molecule has 7 nitrogen and oxygen atoms in total. The Balaban J connectivity index is 1.67. The van der Waals surface area contributed by atoms with Crippen LogP contribution in [0.25, 0.3) is 0 Å². The zero-order chi connectivity index (χ0) is 16.4. The summed E-state index contributed by atoms with van der Waals surface area (Å²) < 4.78 is 10.6. The second kappa shape index (κ2) is 5.75. The lowest BCUT2D eigenvalue weighted by Crippen LogP contribution is -2.28. The normalized spacial score (nSPS) is 12.8. The first-order valence-corrected chi connectivity index (χ1v) is 7.24. The number of nitrogens with one attached hydrogen (secondary N) is 2. The van der Waals surface area contributed by atoms with Gasteiger partial charge in [-0.15, -0.1) is 10.2 Å². The van der Waals surface area contributed by atoms with E-state index >= 15 is 0 Å². The second-order valence-corrected chi connectivity index (χ2v) is 6.20. The van der Waals surface area contributed by atoms with Crippen molar-refractivity contribution in [3.05, 3.63) is 30.3 Å². The third-order valence-electron chi connectivity index (χ3n) is 3.23. The van der Waals surface area contributed by atoms with E-state index in [0.717, 1.165) is 11.4 Å². The van der Waals surface area contributed by atoms with E-state index in [9.17, 15) is 4.79 Å². The minimum atomic E-state index is -0.481. The first-order chi connectivity index (χ1) is 10.9. The number of ether oxygens (including phenoxy) is 2. The SMILES string of the molecule is CC(C)(C)C(=O)Nc1ccc(Nc2ccc3c(c2)OCO3)nn1. The molecule has 1 aromatic heterocycles. The number of carbonyl (C=O) groups is 1. The van der Waals surface area contributed by atoms with Crippen molar-refractivity contribution in [1.82, 2.24) is 10.2 Å². The zero-order valence-electron chi connectivity index (χ0n) is 13.2. The van der Waals surface area contributed by atoms with Crippen LogP contribution in [0.15, 0.2) is 30.3 Å². The van der Waals surface area contributed by atoms with Crippen molar-refractivity contribution in [2.45, 2.75) is 20.8 Å². The number of fused-ring (bicyclic) bond motifs is 1. The van der Waals surface area contributed by atoms with E-state index < -0.39 is 5.41 Å². The molecule has 2 heterocycles. The quantitative estimate of drug-likeness (QED) is 0.906. The first kappa shape index (κ1) is 15.1. The summed E-state index contributed by atoms with van der Waals surface area (Å²) in [5.74, 6) is 2.29. The van der Waals surface area contributed by atoms with Crippen LogP contribution in [0.2, 0.25) is 0 Å². The number of hydrogen-bond donors (Lipinski definition) is 2. The van der Waals surface area contributed by atoms with Crippen LogP contribution in [0.1, 0.15) is 20.8 Å². The van der Waals surface area contributed by atoms with Gasteiger partial charge >= 0.3 is 0 Å². The number of carbonyl (C=O) groups excluding carboxylic acids is 1. The molecule has 0 bridgehead atoms. The maximum Gasteiger partial charge on any atom is 0.231 e. The summed E-state index contributed by atoms with van der Waals surface area (Å²) in [5, 5.41) is 13.9. The number of anilines is 3. The molecule has 0 unspecified atom stereocenters. The maximum atomic E-state index is 11.9. The van der Waals surface area contributed by atoms with Crippen LogP contribution in [0.5, 0.6) is 11.5 Å². The summed E-state index contributed by atoms with van der Waals surface area (Å²) in [7, 11) is 0.